The molecule has 3 aliphatic rings. The molecule has 3 heterocycles. The first kappa shape index (κ1) is 5.23. The molecule has 0 aromatic rings. The summed E-state index contributed by atoms with van der Waals surface area (Å²) in [5.74, 6) is 0.209. The molecule has 3 fully saturated rings. The molecule has 3 aliphatic heterocycles. The second kappa shape index (κ2) is 1.48. The average molecular weight is 126 g/mol. The molecule has 2 atom stereocenters. The lowest BCUT2D eigenvalue weighted by Crippen LogP contribution is -2.53. The highest BCUT2D eigenvalue weighted by molar-refractivity contribution is 5.75. The summed E-state index contributed by atoms with van der Waals surface area (Å²) in [7, 11) is 0. The van der Waals surface area contributed by atoms with Crippen LogP contribution < -0.4 is 5.32 Å². The lowest BCUT2D eigenvalue weighted by Gasteiger charge is -2.38. The smallest absolute Gasteiger partial charge is 0.220 e. The Morgan fingerprint density at radius 1 is 1.78 bits per heavy atom. The highest BCUT2D eigenvalue weighted by Crippen LogP contribution is 2.28. The van der Waals surface area contributed by atoms with E-state index in [0.717, 1.165) is 6.54 Å². The number of fused-ring (bicyclic) bond motifs is 1. The highest BCUT2D eigenvalue weighted by atomic mass is 16.2. The van der Waals surface area contributed by atoms with E-state index < -0.39 is 0 Å². The molecule has 0 radical (unpaired) electrons. The lowest BCUT2D eigenvalue weighted by atomic mass is 10.1. The van der Waals surface area contributed by atoms with Crippen molar-refractivity contribution >= 4 is 5.91 Å². The van der Waals surface area contributed by atoms with Crippen molar-refractivity contribution in [3.05, 3.63) is 0 Å². The van der Waals surface area contributed by atoms with Crippen LogP contribution in [-0.2, 0) is 4.79 Å². The number of nitrogens with zero attached hydrogens (tertiary/aromatic N) is 1. The van der Waals surface area contributed by atoms with E-state index in [-0.39, 0.29) is 5.91 Å². The summed E-state index contributed by atoms with van der Waals surface area (Å²) >= 11 is 0. The Labute approximate surface area is 54.0 Å². The first-order chi connectivity index (χ1) is 4.29. The summed E-state index contributed by atoms with van der Waals surface area (Å²) in [6.07, 6.45) is 1.55. The van der Waals surface area contributed by atoms with Crippen molar-refractivity contribution in [2.24, 2.45) is 0 Å². The zero-order valence-electron chi connectivity index (χ0n) is 5.42. The van der Waals surface area contributed by atoms with E-state index in [9.17, 15) is 4.79 Å². The summed E-state index contributed by atoms with van der Waals surface area (Å²) < 4.78 is 0. The topological polar surface area (TPSA) is 32.3 Å². The summed E-state index contributed by atoms with van der Waals surface area (Å²) in [5, 5.41) is 3.23. The van der Waals surface area contributed by atoms with E-state index in [1.54, 1.807) is 6.92 Å². The Kier molecular flexibility index (Phi) is 0.858. The van der Waals surface area contributed by atoms with Gasteiger partial charge < -0.3 is 4.90 Å². The van der Waals surface area contributed by atoms with Gasteiger partial charge in [0.2, 0.25) is 5.91 Å². The first-order valence-corrected chi connectivity index (χ1v) is 3.31. The molecule has 1 N–H and O–H groups in total. The van der Waals surface area contributed by atoms with Crippen LogP contribution in [0.3, 0.4) is 0 Å². The molecule has 2 unspecified atom stereocenters. The Balaban J connectivity index is 2.10. The fourth-order valence-electron chi connectivity index (χ4n) is 1.71. The molecule has 0 aromatic heterocycles. The van der Waals surface area contributed by atoms with Crippen LogP contribution in [0.1, 0.15) is 13.3 Å². The van der Waals surface area contributed by atoms with E-state index in [1.807, 2.05) is 4.90 Å². The number of hydrogen-bond donors (Lipinski definition) is 1. The molecule has 0 aromatic carbocycles. The number of amides is 1. The maximum absolute atomic E-state index is 10.8. The number of rotatable bonds is 0. The predicted molar refractivity (Wildman–Crippen MR) is 32.7 cm³/mol. The molecule has 0 saturated carbocycles. The van der Waals surface area contributed by atoms with Crippen LogP contribution in [0.15, 0.2) is 0 Å². The lowest BCUT2D eigenvalue weighted by molar-refractivity contribution is -0.137. The molecular formula is C6H10N2O. The van der Waals surface area contributed by atoms with Gasteiger partial charge in [-0.05, 0) is 0 Å². The van der Waals surface area contributed by atoms with Crippen molar-refractivity contribution in [3.8, 4) is 0 Å². The molecular weight excluding hydrogens is 116 g/mol. The largest absolute Gasteiger partial charge is 0.323 e. The molecule has 3 saturated heterocycles. The van der Waals surface area contributed by atoms with Crippen molar-refractivity contribution in [3.63, 3.8) is 0 Å². The van der Waals surface area contributed by atoms with Crippen molar-refractivity contribution in [1.82, 2.24) is 10.2 Å². The maximum Gasteiger partial charge on any atom is 0.220 e. The number of carbonyl (C=O) groups excluding carboxylic acids is 1. The van der Waals surface area contributed by atoms with Gasteiger partial charge >= 0.3 is 0 Å². The normalized spacial score (nSPS) is 38.6. The van der Waals surface area contributed by atoms with Crippen LogP contribution >= 0.6 is 0 Å². The van der Waals surface area contributed by atoms with Crippen LogP contribution in [0.25, 0.3) is 0 Å². The van der Waals surface area contributed by atoms with E-state index >= 15 is 0 Å². The fourth-order valence-corrected chi connectivity index (χ4v) is 1.71. The standard InChI is InChI=1S/C6H10N2O/c1-4(9)8-5-2-6(8)7-3-5/h5-7H,2-3H2,1H3. The Bertz CT molecular complexity index is 143. The monoisotopic (exact) mass is 126 g/mol. The van der Waals surface area contributed by atoms with Gasteiger partial charge in [-0.1, -0.05) is 0 Å². The van der Waals surface area contributed by atoms with E-state index in [0.29, 0.717) is 12.2 Å². The summed E-state index contributed by atoms with van der Waals surface area (Å²) in [5.41, 5.74) is 0. The van der Waals surface area contributed by atoms with Crippen LogP contribution in [-0.4, -0.2) is 29.6 Å². The van der Waals surface area contributed by atoms with Gasteiger partial charge in [-0.2, -0.15) is 0 Å². The Morgan fingerprint density at radius 3 is 2.78 bits per heavy atom. The van der Waals surface area contributed by atoms with Gasteiger partial charge in [-0.3, -0.25) is 10.1 Å². The van der Waals surface area contributed by atoms with E-state index in [2.05, 4.69) is 5.32 Å². The molecule has 0 spiro atoms. The quantitative estimate of drug-likeness (QED) is 0.476. The van der Waals surface area contributed by atoms with Gasteiger partial charge in [0.25, 0.3) is 0 Å². The molecule has 3 rings (SSSR count). The third-order valence-corrected chi connectivity index (χ3v) is 2.18. The van der Waals surface area contributed by atoms with Gasteiger partial charge in [0, 0.05) is 25.9 Å². The molecule has 50 valence electrons. The number of carbonyl (C=O) groups is 1. The van der Waals surface area contributed by atoms with Gasteiger partial charge in [0.05, 0.1) is 6.17 Å². The molecule has 2 bridgehead atoms. The van der Waals surface area contributed by atoms with Crippen molar-refractivity contribution in [2.45, 2.75) is 25.6 Å². The van der Waals surface area contributed by atoms with Gasteiger partial charge in [-0.15, -0.1) is 0 Å². The zero-order chi connectivity index (χ0) is 6.43. The SMILES string of the molecule is CC(=O)N1C2CNC1C2. The number of nitrogens with one attached hydrogen (secondary N) is 1. The Hall–Kier alpha value is -0.570. The van der Waals surface area contributed by atoms with Crippen LogP contribution in [0.2, 0.25) is 0 Å². The predicted octanol–water partition coefficient (Wildman–Crippen LogP) is -0.464. The minimum Gasteiger partial charge on any atom is -0.323 e. The van der Waals surface area contributed by atoms with Gasteiger partial charge in [-0.25, -0.2) is 0 Å². The first-order valence-electron chi connectivity index (χ1n) is 3.31. The Morgan fingerprint density at radius 2 is 2.56 bits per heavy atom. The van der Waals surface area contributed by atoms with Crippen LogP contribution in [0.5, 0.6) is 0 Å². The van der Waals surface area contributed by atoms with E-state index in [1.165, 1.54) is 6.42 Å². The minimum absolute atomic E-state index is 0.209. The molecule has 3 nitrogen and oxygen atoms in total. The van der Waals surface area contributed by atoms with Crippen molar-refractivity contribution < 1.29 is 4.79 Å². The average Bonchev–Trinajstić information content (AvgIpc) is 2.13. The van der Waals surface area contributed by atoms with Crippen molar-refractivity contribution in [1.29, 1.82) is 0 Å². The van der Waals surface area contributed by atoms with Crippen molar-refractivity contribution in [2.75, 3.05) is 6.54 Å². The van der Waals surface area contributed by atoms with Crippen LogP contribution in [0.4, 0.5) is 0 Å². The fraction of sp³-hybridized carbons (Fsp3) is 0.833. The summed E-state index contributed by atoms with van der Waals surface area (Å²) in [6, 6.07) is 0.521. The second-order valence-corrected chi connectivity index (χ2v) is 2.74. The summed E-state index contributed by atoms with van der Waals surface area (Å²) in [6.45, 7) is 2.64. The second-order valence-electron chi connectivity index (χ2n) is 2.74. The molecule has 9 heavy (non-hydrogen) atoms. The molecule has 0 aliphatic carbocycles. The minimum atomic E-state index is 0.209. The van der Waals surface area contributed by atoms with Gasteiger partial charge in [0.1, 0.15) is 0 Å². The zero-order valence-corrected chi connectivity index (χ0v) is 5.42. The van der Waals surface area contributed by atoms with Gasteiger partial charge in [0.15, 0.2) is 0 Å². The highest BCUT2D eigenvalue weighted by Gasteiger charge is 2.45. The molecule has 3 heteroatoms. The number of hydrogen-bond acceptors (Lipinski definition) is 2. The third-order valence-electron chi connectivity index (χ3n) is 2.18. The van der Waals surface area contributed by atoms with Crippen LogP contribution in [0, 0.1) is 0 Å². The maximum atomic E-state index is 10.8. The third kappa shape index (κ3) is 0.525. The summed E-state index contributed by atoms with van der Waals surface area (Å²) in [4.78, 5) is 12.7. The van der Waals surface area contributed by atoms with E-state index in [4.69, 9.17) is 0 Å². The molecule has 1 amide bonds.